The highest BCUT2D eigenvalue weighted by atomic mass is 35.5. The fraction of sp³-hybridized carbons (Fsp3) is 0.524. The molecule has 7 nitrogen and oxygen atoms in total. The second-order valence-electron chi connectivity index (χ2n) is 7.03. The van der Waals surface area contributed by atoms with Gasteiger partial charge in [-0.15, -0.1) is 0 Å². The molecule has 2 aliphatic rings. The third kappa shape index (κ3) is 5.42. The van der Waals surface area contributed by atoms with Crippen molar-refractivity contribution in [2.75, 3.05) is 59.0 Å². The number of likely N-dealkylation sites (N-methyl/N-ethyl adjacent to an activating group) is 1. The molecule has 1 fully saturated rings. The zero-order chi connectivity index (χ0) is 20.8. The summed E-state index contributed by atoms with van der Waals surface area (Å²) in [7, 11) is 0. The summed E-state index contributed by atoms with van der Waals surface area (Å²) in [5.74, 6) is 1.25. The van der Waals surface area contributed by atoms with E-state index in [1.165, 1.54) is 0 Å². The first-order chi connectivity index (χ1) is 14.0. The molecule has 2 amide bonds. The lowest BCUT2D eigenvalue weighted by atomic mass is 10.1. The van der Waals surface area contributed by atoms with Crippen LogP contribution in [-0.2, 0) is 9.59 Å². The fourth-order valence-corrected chi connectivity index (χ4v) is 3.77. The highest BCUT2D eigenvalue weighted by Crippen LogP contribution is 2.38. The van der Waals surface area contributed by atoms with Gasteiger partial charge in [-0.25, -0.2) is 0 Å². The monoisotopic (exact) mass is 421 g/mol. The Morgan fingerprint density at radius 2 is 1.79 bits per heavy atom. The van der Waals surface area contributed by atoms with Gasteiger partial charge in [0.2, 0.25) is 11.8 Å². The predicted molar refractivity (Wildman–Crippen MR) is 112 cm³/mol. The minimum Gasteiger partial charge on any atom is -0.486 e. The van der Waals surface area contributed by atoms with Crippen LogP contribution in [-0.4, -0.2) is 85.5 Å². The maximum atomic E-state index is 12.5. The topological polar surface area (TPSA) is 62.3 Å². The number of nitrogens with zero attached hydrogens (tertiary/aromatic N) is 3. The molecule has 2 heterocycles. The van der Waals surface area contributed by atoms with Gasteiger partial charge < -0.3 is 19.3 Å². The summed E-state index contributed by atoms with van der Waals surface area (Å²) in [6, 6.07) is 3.58. The van der Waals surface area contributed by atoms with Gasteiger partial charge >= 0.3 is 0 Å². The molecule has 0 spiro atoms. The van der Waals surface area contributed by atoms with Crippen LogP contribution in [0.15, 0.2) is 18.2 Å². The number of hydrogen-bond donors (Lipinski definition) is 0. The minimum absolute atomic E-state index is 0.0502. The molecule has 29 heavy (non-hydrogen) atoms. The van der Waals surface area contributed by atoms with Crippen molar-refractivity contribution in [3.63, 3.8) is 0 Å². The van der Waals surface area contributed by atoms with Crippen LogP contribution in [0.3, 0.4) is 0 Å². The number of amides is 2. The molecule has 0 bridgehead atoms. The van der Waals surface area contributed by atoms with E-state index in [0.717, 1.165) is 18.7 Å². The summed E-state index contributed by atoms with van der Waals surface area (Å²) in [6.45, 7) is 9.40. The third-order valence-electron chi connectivity index (χ3n) is 5.20. The maximum absolute atomic E-state index is 12.5. The number of carbonyl (C=O) groups is 2. The van der Waals surface area contributed by atoms with Gasteiger partial charge in [0.1, 0.15) is 13.2 Å². The first kappa shape index (κ1) is 21.5. The number of ether oxygens (including phenoxy) is 2. The van der Waals surface area contributed by atoms with E-state index < -0.39 is 0 Å². The molecule has 0 aliphatic carbocycles. The van der Waals surface area contributed by atoms with E-state index in [1.807, 2.05) is 24.8 Å². The molecule has 2 aliphatic heterocycles. The molecular weight excluding hydrogens is 394 g/mol. The van der Waals surface area contributed by atoms with E-state index in [2.05, 4.69) is 4.90 Å². The fourth-order valence-electron chi connectivity index (χ4n) is 3.49. The largest absolute Gasteiger partial charge is 0.486 e. The van der Waals surface area contributed by atoms with E-state index >= 15 is 0 Å². The van der Waals surface area contributed by atoms with E-state index in [9.17, 15) is 9.59 Å². The van der Waals surface area contributed by atoms with Crippen molar-refractivity contribution in [1.29, 1.82) is 0 Å². The molecule has 0 N–H and O–H groups in total. The van der Waals surface area contributed by atoms with Gasteiger partial charge in [0.25, 0.3) is 0 Å². The standard InChI is InChI=1S/C21H28ClN3O4/c1-3-24(4-2)20(27)15-23-7-9-25(10-8-23)19(26)6-5-16-13-17(22)21-18(14-16)28-11-12-29-21/h5-6,13-14H,3-4,7-12,15H2,1-2H3. The van der Waals surface area contributed by atoms with E-state index in [4.69, 9.17) is 21.1 Å². The zero-order valence-corrected chi connectivity index (χ0v) is 17.8. The average molecular weight is 422 g/mol. The molecule has 0 aromatic heterocycles. The van der Waals surface area contributed by atoms with Crippen molar-refractivity contribution >= 4 is 29.5 Å². The van der Waals surface area contributed by atoms with Gasteiger partial charge in [0, 0.05) is 45.3 Å². The van der Waals surface area contributed by atoms with Gasteiger partial charge in [-0.1, -0.05) is 11.6 Å². The van der Waals surface area contributed by atoms with Crippen molar-refractivity contribution in [3.05, 3.63) is 28.8 Å². The van der Waals surface area contributed by atoms with Gasteiger partial charge in [-0.3, -0.25) is 14.5 Å². The Morgan fingerprint density at radius 1 is 1.10 bits per heavy atom. The molecule has 0 unspecified atom stereocenters. The van der Waals surface area contributed by atoms with Crippen LogP contribution in [0.25, 0.3) is 6.08 Å². The summed E-state index contributed by atoms with van der Waals surface area (Å²) in [5, 5.41) is 0.473. The van der Waals surface area contributed by atoms with Crippen LogP contribution in [0.1, 0.15) is 19.4 Å². The first-order valence-electron chi connectivity index (χ1n) is 10.1. The van der Waals surface area contributed by atoms with Crippen LogP contribution < -0.4 is 9.47 Å². The number of rotatable bonds is 6. The molecule has 8 heteroatoms. The van der Waals surface area contributed by atoms with Crippen LogP contribution >= 0.6 is 11.6 Å². The van der Waals surface area contributed by atoms with Crippen LogP contribution in [0.5, 0.6) is 11.5 Å². The predicted octanol–water partition coefficient (Wildman–Crippen LogP) is 2.14. The van der Waals surface area contributed by atoms with Crippen molar-refractivity contribution in [2.24, 2.45) is 0 Å². The van der Waals surface area contributed by atoms with E-state index in [1.54, 1.807) is 23.1 Å². The lowest BCUT2D eigenvalue weighted by molar-refractivity contribution is -0.133. The number of benzene rings is 1. The van der Waals surface area contributed by atoms with Crippen LogP contribution in [0, 0.1) is 0 Å². The molecule has 1 saturated heterocycles. The lowest BCUT2D eigenvalue weighted by Gasteiger charge is -2.34. The van der Waals surface area contributed by atoms with E-state index in [-0.39, 0.29) is 11.8 Å². The number of piperazine rings is 1. The van der Waals surface area contributed by atoms with Gasteiger partial charge in [-0.05, 0) is 37.6 Å². The van der Waals surface area contributed by atoms with Crippen molar-refractivity contribution in [1.82, 2.24) is 14.7 Å². The van der Waals surface area contributed by atoms with Crippen molar-refractivity contribution in [3.8, 4) is 11.5 Å². The van der Waals surface area contributed by atoms with Crippen molar-refractivity contribution < 1.29 is 19.1 Å². The molecule has 1 aromatic carbocycles. The zero-order valence-electron chi connectivity index (χ0n) is 17.0. The summed E-state index contributed by atoms with van der Waals surface area (Å²) in [5.41, 5.74) is 0.788. The Hall–Kier alpha value is -2.25. The Bertz CT molecular complexity index is 771. The molecule has 158 valence electrons. The summed E-state index contributed by atoms with van der Waals surface area (Å²) >= 11 is 6.24. The maximum Gasteiger partial charge on any atom is 0.246 e. The SMILES string of the molecule is CCN(CC)C(=O)CN1CCN(C(=O)C=Cc2cc(Cl)c3c(c2)OCCO3)CC1. The summed E-state index contributed by atoms with van der Waals surface area (Å²) in [6.07, 6.45) is 3.29. The Kier molecular flexibility index (Phi) is 7.39. The minimum atomic E-state index is -0.0502. The number of carbonyl (C=O) groups excluding carboxylic acids is 2. The third-order valence-corrected chi connectivity index (χ3v) is 5.48. The molecule has 3 rings (SSSR count). The Balaban J connectivity index is 1.52. The summed E-state index contributed by atoms with van der Waals surface area (Å²) < 4.78 is 11.1. The van der Waals surface area contributed by atoms with Crippen LogP contribution in [0.2, 0.25) is 5.02 Å². The molecule has 0 saturated carbocycles. The highest BCUT2D eigenvalue weighted by molar-refractivity contribution is 6.32. The Morgan fingerprint density at radius 3 is 2.48 bits per heavy atom. The van der Waals surface area contributed by atoms with Gasteiger partial charge in [-0.2, -0.15) is 0 Å². The second-order valence-corrected chi connectivity index (χ2v) is 7.43. The number of fused-ring (bicyclic) bond motifs is 1. The van der Waals surface area contributed by atoms with Crippen molar-refractivity contribution in [2.45, 2.75) is 13.8 Å². The quantitative estimate of drug-likeness (QED) is 0.658. The molecule has 0 atom stereocenters. The Labute approximate surface area is 176 Å². The highest BCUT2D eigenvalue weighted by Gasteiger charge is 2.22. The average Bonchev–Trinajstić information content (AvgIpc) is 2.73. The summed E-state index contributed by atoms with van der Waals surface area (Å²) in [4.78, 5) is 30.5. The van der Waals surface area contributed by atoms with Crippen LogP contribution in [0.4, 0.5) is 0 Å². The van der Waals surface area contributed by atoms with E-state index in [0.29, 0.717) is 62.5 Å². The molecule has 0 radical (unpaired) electrons. The van der Waals surface area contributed by atoms with Gasteiger partial charge in [0.05, 0.1) is 11.6 Å². The van der Waals surface area contributed by atoms with Gasteiger partial charge in [0.15, 0.2) is 11.5 Å². The second kappa shape index (κ2) is 9.98. The number of halogens is 1. The first-order valence-corrected chi connectivity index (χ1v) is 10.5. The molecule has 1 aromatic rings. The smallest absolute Gasteiger partial charge is 0.246 e. The normalized spacial score (nSPS) is 16.9. The molecular formula is C21H28ClN3O4. The number of hydrogen-bond acceptors (Lipinski definition) is 5. The lowest BCUT2D eigenvalue weighted by Crippen LogP contribution is -2.51.